The molecule has 0 aliphatic rings. The van der Waals surface area contributed by atoms with Gasteiger partial charge in [0.25, 0.3) is 0 Å². The van der Waals surface area contributed by atoms with Gasteiger partial charge in [0, 0.05) is 17.8 Å². The standard InChI is InChI=1S/C39H31N/c1-39(2,3)32-19-20-33-35(24-32)37(29-16-13-28(14-17-29)26-9-5-4-6-10-26)34-21-22-40-25-36(34)38(33)31-18-15-27-11-7-8-12-30(27)23-31/h4-25H,1-3H3. The van der Waals surface area contributed by atoms with E-state index in [0.29, 0.717) is 0 Å². The molecule has 0 spiro atoms. The molecule has 0 fully saturated rings. The van der Waals surface area contributed by atoms with E-state index in [4.69, 9.17) is 0 Å². The summed E-state index contributed by atoms with van der Waals surface area (Å²) in [6, 6.07) is 44.3. The molecule has 7 aromatic rings. The van der Waals surface area contributed by atoms with Crippen molar-refractivity contribution >= 4 is 32.3 Å². The van der Waals surface area contributed by atoms with Crippen LogP contribution in [0, 0.1) is 0 Å². The second-order valence-electron chi connectivity index (χ2n) is 11.7. The minimum atomic E-state index is 0.0406. The van der Waals surface area contributed by atoms with Gasteiger partial charge in [0.05, 0.1) is 0 Å². The number of fused-ring (bicyclic) bond motifs is 3. The Labute approximate surface area is 235 Å². The summed E-state index contributed by atoms with van der Waals surface area (Å²) >= 11 is 0. The summed E-state index contributed by atoms with van der Waals surface area (Å²) in [5.41, 5.74) is 8.78. The van der Waals surface area contributed by atoms with E-state index in [1.54, 1.807) is 0 Å². The molecular formula is C39H31N. The highest BCUT2D eigenvalue weighted by atomic mass is 14.6. The average Bonchev–Trinajstić information content (AvgIpc) is 2.99. The van der Waals surface area contributed by atoms with Crippen molar-refractivity contribution in [1.82, 2.24) is 4.98 Å². The Morgan fingerprint density at radius 1 is 0.450 bits per heavy atom. The highest BCUT2D eigenvalue weighted by Crippen LogP contribution is 2.45. The van der Waals surface area contributed by atoms with E-state index >= 15 is 0 Å². The maximum atomic E-state index is 4.61. The second kappa shape index (κ2) is 9.47. The van der Waals surface area contributed by atoms with Gasteiger partial charge in [-0.1, -0.05) is 124 Å². The topological polar surface area (TPSA) is 12.9 Å². The summed E-state index contributed by atoms with van der Waals surface area (Å²) < 4.78 is 0. The first-order valence-electron chi connectivity index (χ1n) is 14.0. The highest BCUT2D eigenvalue weighted by Gasteiger charge is 2.20. The van der Waals surface area contributed by atoms with Gasteiger partial charge in [0.2, 0.25) is 0 Å². The van der Waals surface area contributed by atoms with Crippen LogP contribution >= 0.6 is 0 Å². The van der Waals surface area contributed by atoms with Gasteiger partial charge in [-0.2, -0.15) is 0 Å². The van der Waals surface area contributed by atoms with E-state index < -0.39 is 0 Å². The average molecular weight is 514 g/mol. The van der Waals surface area contributed by atoms with E-state index in [2.05, 4.69) is 147 Å². The quantitative estimate of drug-likeness (QED) is 0.214. The zero-order chi connectivity index (χ0) is 27.3. The van der Waals surface area contributed by atoms with E-state index in [1.807, 2.05) is 12.4 Å². The molecule has 0 N–H and O–H groups in total. The Morgan fingerprint density at radius 3 is 1.85 bits per heavy atom. The normalized spacial score (nSPS) is 11.9. The van der Waals surface area contributed by atoms with Crippen molar-refractivity contribution < 1.29 is 0 Å². The first kappa shape index (κ1) is 24.3. The van der Waals surface area contributed by atoms with Gasteiger partial charge in [-0.05, 0) is 89.5 Å². The minimum Gasteiger partial charge on any atom is -0.264 e. The van der Waals surface area contributed by atoms with E-state index in [0.717, 1.165) is 0 Å². The number of rotatable bonds is 3. The van der Waals surface area contributed by atoms with Crippen molar-refractivity contribution in [3.63, 3.8) is 0 Å². The van der Waals surface area contributed by atoms with Crippen LogP contribution in [-0.2, 0) is 5.41 Å². The van der Waals surface area contributed by atoms with Crippen LogP contribution in [0.25, 0.3) is 65.7 Å². The van der Waals surface area contributed by atoms with Crippen LogP contribution in [-0.4, -0.2) is 4.98 Å². The molecule has 0 aliphatic heterocycles. The summed E-state index contributed by atoms with van der Waals surface area (Å²) in [5, 5.41) is 7.44. The smallest absolute Gasteiger partial charge is 0.0353 e. The first-order chi connectivity index (χ1) is 19.5. The van der Waals surface area contributed by atoms with Crippen LogP contribution in [0.1, 0.15) is 26.3 Å². The number of benzene rings is 6. The molecule has 1 heteroatoms. The number of aromatic nitrogens is 1. The van der Waals surface area contributed by atoms with Gasteiger partial charge in [0.15, 0.2) is 0 Å². The second-order valence-corrected chi connectivity index (χ2v) is 11.7. The van der Waals surface area contributed by atoms with Gasteiger partial charge in [-0.3, -0.25) is 4.98 Å². The molecule has 6 aromatic carbocycles. The number of hydrogen-bond donors (Lipinski definition) is 0. The fourth-order valence-corrected chi connectivity index (χ4v) is 5.96. The molecule has 0 saturated carbocycles. The van der Waals surface area contributed by atoms with Crippen LogP contribution in [0.15, 0.2) is 134 Å². The van der Waals surface area contributed by atoms with Gasteiger partial charge in [-0.15, -0.1) is 0 Å². The minimum absolute atomic E-state index is 0.0406. The third kappa shape index (κ3) is 4.15. The molecular weight excluding hydrogens is 482 g/mol. The van der Waals surface area contributed by atoms with Crippen molar-refractivity contribution in [3.8, 4) is 33.4 Å². The maximum Gasteiger partial charge on any atom is 0.0353 e. The van der Waals surface area contributed by atoms with Crippen molar-refractivity contribution in [3.05, 3.63) is 139 Å². The molecule has 0 radical (unpaired) electrons. The maximum absolute atomic E-state index is 4.61. The molecule has 0 aliphatic carbocycles. The first-order valence-corrected chi connectivity index (χ1v) is 14.0. The number of nitrogens with zero attached hydrogens (tertiary/aromatic N) is 1. The lowest BCUT2D eigenvalue weighted by molar-refractivity contribution is 0.591. The Balaban J connectivity index is 1.55. The third-order valence-corrected chi connectivity index (χ3v) is 8.10. The van der Waals surface area contributed by atoms with Crippen LogP contribution in [0.4, 0.5) is 0 Å². The molecule has 1 heterocycles. The largest absolute Gasteiger partial charge is 0.264 e. The molecule has 40 heavy (non-hydrogen) atoms. The van der Waals surface area contributed by atoms with Crippen LogP contribution in [0.2, 0.25) is 0 Å². The molecule has 1 aromatic heterocycles. The predicted octanol–water partition coefficient (Wildman–Crippen LogP) is 10.8. The van der Waals surface area contributed by atoms with Crippen LogP contribution in [0.3, 0.4) is 0 Å². The van der Waals surface area contributed by atoms with Crippen molar-refractivity contribution in [2.75, 3.05) is 0 Å². The van der Waals surface area contributed by atoms with Crippen molar-refractivity contribution in [2.24, 2.45) is 0 Å². The fourth-order valence-electron chi connectivity index (χ4n) is 5.96. The molecule has 1 nitrogen and oxygen atoms in total. The van der Waals surface area contributed by atoms with E-state index in [1.165, 1.54) is 71.3 Å². The summed E-state index contributed by atoms with van der Waals surface area (Å²) in [4.78, 5) is 4.61. The lowest BCUT2D eigenvalue weighted by Crippen LogP contribution is -2.10. The molecule has 0 unspecified atom stereocenters. The van der Waals surface area contributed by atoms with Gasteiger partial charge < -0.3 is 0 Å². The van der Waals surface area contributed by atoms with E-state index in [-0.39, 0.29) is 5.41 Å². The fraction of sp³-hybridized carbons (Fsp3) is 0.103. The van der Waals surface area contributed by atoms with E-state index in [9.17, 15) is 0 Å². The molecule has 7 rings (SSSR count). The van der Waals surface area contributed by atoms with Crippen LogP contribution < -0.4 is 0 Å². The summed E-state index contributed by atoms with van der Waals surface area (Å²) in [7, 11) is 0. The SMILES string of the molecule is CC(C)(C)c1ccc2c(-c3ccc4ccccc4c3)c3cnccc3c(-c3ccc(-c4ccccc4)cc3)c2c1. The Morgan fingerprint density at radius 2 is 1.07 bits per heavy atom. The van der Waals surface area contributed by atoms with Gasteiger partial charge in [-0.25, -0.2) is 0 Å². The Hall–Kier alpha value is -4.75. The zero-order valence-electron chi connectivity index (χ0n) is 23.1. The summed E-state index contributed by atoms with van der Waals surface area (Å²) in [5.74, 6) is 0. The molecule has 192 valence electrons. The molecule has 0 atom stereocenters. The van der Waals surface area contributed by atoms with Crippen LogP contribution in [0.5, 0.6) is 0 Å². The predicted molar refractivity (Wildman–Crippen MR) is 172 cm³/mol. The zero-order valence-corrected chi connectivity index (χ0v) is 23.1. The monoisotopic (exact) mass is 513 g/mol. The molecule has 0 bridgehead atoms. The highest BCUT2D eigenvalue weighted by molar-refractivity contribution is 6.21. The lowest BCUT2D eigenvalue weighted by Gasteiger charge is -2.23. The molecule has 0 saturated heterocycles. The van der Waals surface area contributed by atoms with Crippen molar-refractivity contribution in [2.45, 2.75) is 26.2 Å². The number of hydrogen-bond acceptors (Lipinski definition) is 1. The Bertz CT molecular complexity index is 2010. The Kier molecular flexibility index (Phi) is 5.75. The molecule has 0 amide bonds. The third-order valence-electron chi connectivity index (χ3n) is 8.10. The summed E-state index contributed by atoms with van der Waals surface area (Å²) in [6.45, 7) is 6.87. The van der Waals surface area contributed by atoms with Gasteiger partial charge >= 0.3 is 0 Å². The van der Waals surface area contributed by atoms with Crippen molar-refractivity contribution in [1.29, 1.82) is 0 Å². The number of pyridine rings is 1. The van der Waals surface area contributed by atoms with Gasteiger partial charge in [0.1, 0.15) is 0 Å². The lowest BCUT2D eigenvalue weighted by atomic mass is 9.81. The summed E-state index contributed by atoms with van der Waals surface area (Å²) in [6.07, 6.45) is 3.96.